The average molecular weight is 483 g/mol. The van der Waals surface area contributed by atoms with Gasteiger partial charge in [-0.05, 0) is 62.1 Å². The lowest BCUT2D eigenvalue weighted by Gasteiger charge is -2.34. The first-order valence-corrected chi connectivity index (χ1v) is 13.5. The quantitative estimate of drug-likeness (QED) is 0.599. The fourth-order valence-electron chi connectivity index (χ4n) is 5.22. The van der Waals surface area contributed by atoms with E-state index in [0.717, 1.165) is 41.9 Å². The number of aromatic nitrogens is 4. The van der Waals surface area contributed by atoms with Crippen LogP contribution >= 0.6 is 0 Å². The molecule has 0 spiro atoms. The number of nitrogens with zero attached hydrogens (tertiary/aromatic N) is 5. The van der Waals surface area contributed by atoms with Crippen LogP contribution < -0.4 is 5.73 Å². The molecule has 1 saturated heterocycles. The minimum Gasteiger partial charge on any atom is -0.368 e. The zero-order valence-corrected chi connectivity index (χ0v) is 19.6. The third-order valence-electron chi connectivity index (χ3n) is 7.16. The van der Waals surface area contributed by atoms with E-state index < -0.39 is 10.0 Å². The van der Waals surface area contributed by atoms with Crippen LogP contribution in [0.3, 0.4) is 0 Å². The van der Waals surface area contributed by atoms with E-state index in [1.54, 1.807) is 28.7 Å². The second-order valence-electron chi connectivity index (χ2n) is 9.53. The number of imidazole rings is 1. The molecule has 3 aromatic rings. The highest BCUT2D eigenvalue weighted by Crippen LogP contribution is 2.41. The van der Waals surface area contributed by atoms with Gasteiger partial charge in [0.25, 0.3) is 0 Å². The van der Waals surface area contributed by atoms with E-state index in [1.807, 2.05) is 0 Å². The van der Waals surface area contributed by atoms with Gasteiger partial charge in [-0.15, -0.1) is 0 Å². The molecule has 1 aromatic carbocycles. The minimum atomic E-state index is -3.24. The van der Waals surface area contributed by atoms with Crippen molar-refractivity contribution in [2.24, 2.45) is 5.92 Å². The number of anilines is 1. The summed E-state index contributed by atoms with van der Waals surface area (Å²) >= 11 is 0. The van der Waals surface area contributed by atoms with Gasteiger partial charge in [-0.3, -0.25) is 0 Å². The fourth-order valence-corrected chi connectivity index (χ4v) is 7.13. The van der Waals surface area contributed by atoms with Crippen LogP contribution in [0, 0.1) is 11.7 Å². The van der Waals surface area contributed by atoms with Crippen LogP contribution in [0.25, 0.3) is 22.8 Å². The van der Waals surface area contributed by atoms with Crippen LogP contribution in [-0.4, -0.2) is 51.1 Å². The Bertz CT molecular complexity index is 1360. The summed E-state index contributed by atoms with van der Waals surface area (Å²) < 4.78 is 44.3. The molecular weight excluding hydrogens is 455 g/mol. The van der Waals surface area contributed by atoms with Crippen LogP contribution in [-0.2, 0) is 22.9 Å². The van der Waals surface area contributed by atoms with E-state index in [9.17, 15) is 12.8 Å². The number of hydrogen-bond donors (Lipinski definition) is 1. The molecular formula is C24H27FN6O2S. The molecule has 0 bridgehead atoms. The maximum atomic E-state index is 14.9. The highest BCUT2D eigenvalue weighted by molar-refractivity contribution is 7.89. The van der Waals surface area contributed by atoms with E-state index in [-0.39, 0.29) is 23.6 Å². The molecule has 2 fully saturated rings. The third kappa shape index (κ3) is 3.78. The van der Waals surface area contributed by atoms with Crippen LogP contribution in [0.15, 0.2) is 30.5 Å². The van der Waals surface area contributed by atoms with E-state index >= 15 is 0 Å². The monoisotopic (exact) mass is 482 g/mol. The molecule has 0 atom stereocenters. The van der Waals surface area contributed by atoms with Gasteiger partial charge in [0.1, 0.15) is 11.6 Å². The summed E-state index contributed by atoms with van der Waals surface area (Å²) in [6, 6.07) is 6.62. The molecule has 6 rings (SSSR count). The van der Waals surface area contributed by atoms with Crippen molar-refractivity contribution in [1.29, 1.82) is 0 Å². The molecule has 0 radical (unpaired) electrons. The smallest absolute Gasteiger partial charge is 0.220 e. The van der Waals surface area contributed by atoms with Gasteiger partial charge in [-0.25, -0.2) is 32.1 Å². The first kappa shape index (κ1) is 21.7. The van der Waals surface area contributed by atoms with Crippen molar-refractivity contribution in [1.82, 2.24) is 23.8 Å². The normalized spacial score (nSPS) is 19.1. The second kappa shape index (κ2) is 8.13. The number of sulfonamides is 1. The molecule has 34 heavy (non-hydrogen) atoms. The maximum absolute atomic E-state index is 14.9. The lowest BCUT2D eigenvalue weighted by Crippen LogP contribution is -2.40. The van der Waals surface area contributed by atoms with Gasteiger partial charge in [0.2, 0.25) is 16.0 Å². The van der Waals surface area contributed by atoms with Gasteiger partial charge < -0.3 is 10.3 Å². The number of fused-ring (bicyclic) bond motifs is 3. The number of rotatable bonds is 5. The molecule has 0 amide bonds. The molecule has 10 heteroatoms. The van der Waals surface area contributed by atoms with E-state index in [2.05, 4.69) is 14.5 Å². The first-order chi connectivity index (χ1) is 16.4. The van der Waals surface area contributed by atoms with E-state index in [0.29, 0.717) is 49.7 Å². The Morgan fingerprint density at radius 2 is 1.82 bits per heavy atom. The highest BCUT2D eigenvalue weighted by atomic mass is 32.2. The Morgan fingerprint density at radius 3 is 2.56 bits per heavy atom. The molecule has 2 aromatic heterocycles. The van der Waals surface area contributed by atoms with Gasteiger partial charge in [0.15, 0.2) is 0 Å². The molecule has 1 aliphatic heterocycles. The van der Waals surface area contributed by atoms with Crippen LogP contribution in [0.2, 0.25) is 0 Å². The van der Waals surface area contributed by atoms with Crippen molar-refractivity contribution in [3.8, 4) is 22.8 Å². The summed E-state index contributed by atoms with van der Waals surface area (Å²) in [5.41, 5.74) is 9.83. The molecule has 178 valence electrons. The summed E-state index contributed by atoms with van der Waals surface area (Å²) in [6.45, 7) is 0.893. The zero-order valence-electron chi connectivity index (χ0n) is 18.8. The highest BCUT2D eigenvalue weighted by Gasteiger charge is 2.37. The molecule has 2 N–H and O–H groups in total. The van der Waals surface area contributed by atoms with Gasteiger partial charge in [-0.1, -0.05) is 12.1 Å². The Morgan fingerprint density at radius 1 is 1.06 bits per heavy atom. The van der Waals surface area contributed by atoms with Crippen molar-refractivity contribution in [2.75, 3.05) is 24.6 Å². The summed E-state index contributed by atoms with van der Waals surface area (Å²) in [7, 11) is -3.24. The average Bonchev–Trinajstić information content (AvgIpc) is 3.54. The number of aryl methyl sites for hydroxylation is 2. The predicted molar refractivity (Wildman–Crippen MR) is 127 cm³/mol. The molecule has 3 heterocycles. The lowest BCUT2D eigenvalue weighted by atomic mass is 9.96. The number of benzene rings is 1. The SMILES string of the molecule is Nc1ncc2c(n1)-c1c(nc(-c3ccccc3F)n1C1CCN(S(=O)(=O)CC3CC3)CC1)CC2. The number of halogens is 1. The molecule has 8 nitrogen and oxygen atoms in total. The second-order valence-corrected chi connectivity index (χ2v) is 11.5. The summed E-state index contributed by atoms with van der Waals surface area (Å²) in [6.07, 6.45) is 6.48. The topological polar surface area (TPSA) is 107 Å². The minimum absolute atomic E-state index is 0.0274. The fraction of sp³-hybridized carbons (Fsp3) is 0.458. The van der Waals surface area contributed by atoms with Gasteiger partial charge in [0.05, 0.1) is 28.4 Å². The summed E-state index contributed by atoms with van der Waals surface area (Å²) in [5, 5.41) is 0. The van der Waals surface area contributed by atoms with Crippen molar-refractivity contribution < 1.29 is 12.8 Å². The summed E-state index contributed by atoms with van der Waals surface area (Å²) in [5.74, 6) is 0.984. The molecule has 2 aliphatic carbocycles. The Hall–Kier alpha value is -2.85. The maximum Gasteiger partial charge on any atom is 0.220 e. The van der Waals surface area contributed by atoms with Gasteiger partial charge in [0, 0.05) is 25.3 Å². The molecule has 1 saturated carbocycles. The van der Waals surface area contributed by atoms with Crippen LogP contribution in [0.1, 0.15) is 43.0 Å². The van der Waals surface area contributed by atoms with Crippen molar-refractivity contribution in [3.63, 3.8) is 0 Å². The summed E-state index contributed by atoms with van der Waals surface area (Å²) in [4.78, 5) is 13.6. The van der Waals surface area contributed by atoms with Gasteiger partial charge in [-0.2, -0.15) is 0 Å². The standard InChI is InChI=1S/C24H27FN6O2S/c25-19-4-2-1-3-18(19)23-28-20-8-7-16-13-27-24(26)29-21(16)22(20)31(23)17-9-11-30(12-10-17)34(32,33)14-15-5-6-15/h1-4,13,15,17H,5-12,14H2,(H2,26,27,29). The number of piperidine rings is 1. The van der Waals surface area contributed by atoms with Crippen LogP contribution in [0.4, 0.5) is 10.3 Å². The molecule has 3 aliphatic rings. The Balaban J connectivity index is 1.41. The van der Waals surface area contributed by atoms with Crippen molar-refractivity contribution in [2.45, 2.75) is 44.6 Å². The zero-order chi connectivity index (χ0) is 23.4. The van der Waals surface area contributed by atoms with Crippen LogP contribution in [0.5, 0.6) is 0 Å². The van der Waals surface area contributed by atoms with E-state index in [1.165, 1.54) is 6.07 Å². The van der Waals surface area contributed by atoms with Crippen molar-refractivity contribution >= 4 is 16.0 Å². The molecule has 0 unspecified atom stereocenters. The third-order valence-corrected chi connectivity index (χ3v) is 9.21. The largest absolute Gasteiger partial charge is 0.368 e. The number of hydrogen-bond acceptors (Lipinski definition) is 6. The number of nitrogen functional groups attached to an aromatic ring is 1. The van der Waals surface area contributed by atoms with Gasteiger partial charge >= 0.3 is 0 Å². The Labute approximate surface area is 198 Å². The Kier molecular flexibility index (Phi) is 5.18. The number of nitrogens with two attached hydrogens (primary N) is 1. The predicted octanol–water partition coefficient (Wildman–Crippen LogP) is 3.20. The van der Waals surface area contributed by atoms with Crippen molar-refractivity contribution in [3.05, 3.63) is 47.5 Å². The lowest BCUT2D eigenvalue weighted by molar-refractivity contribution is 0.276. The van der Waals surface area contributed by atoms with E-state index in [4.69, 9.17) is 10.7 Å². The first-order valence-electron chi connectivity index (χ1n) is 11.9.